The summed E-state index contributed by atoms with van der Waals surface area (Å²) < 4.78 is 24.7. The molecule has 3 aromatic rings. The molecule has 0 atom stereocenters. The van der Waals surface area contributed by atoms with Crippen LogP contribution in [0.2, 0.25) is 0 Å². The van der Waals surface area contributed by atoms with E-state index in [0.29, 0.717) is 33.0 Å². The second-order valence-electron chi connectivity index (χ2n) is 7.61. The molecule has 2 aromatic carbocycles. The molecule has 6 heteroatoms. The Labute approximate surface area is 177 Å². The van der Waals surface area contributed by atoms with E-state index in [9.17, 15) is 0 Å². The van der Waals surface area contributed by atoms with E-state index in [1.165, 1.54) is 0 Å². The van der Waals surface area contributed by atoms with Gasteiger partial charge < -0.3 is 18.9 Å². The third-order valence-corrected chi connectivity index (χ3v) is 5.11. The summed E-state index contributed by atoms with van der Waals surface area (Å²) in [6.45, 7) is 7.20. The van der Waals surface area contributed by atoms with Gasteiger partial charge in [-0.25, -0.2) is 4.68 Å². The van der Waals surface area contributed by atoms with Crippen LogP contribution in [-0.4, -0.2) is 49.9 Å². The SMILES string of the molecule is COc1cc(OCC2COCCOC2)cc(-c2cccc(-n3nc(C)cc3C)c2)c1. The second-order valence-corrected chi connectivity index (χ2v) is 7.61. The molecule has 0 bridgehead atoms. The Bertz CT molecular complexity index is 991. The van der Waals surface area contributed by atoms with Gasteiger partial charge in [0.15, 0.2) is 0 Å². The van der Waals surface area contributed by atoms with Crippen molar-refractivity contribution in [1.82, 2.24) is 9.78 Å². The fourth-order valence-corrected chi connectivity index (χ4v) is 3.62. The molecule has 0 N–H and O–H groups in total. The third-order valence-electron chi connectivity index (χ3n) is 5.11. The second kappa shape index (κ2) is 9.32. The molecule has 1 saturated heterocycles. The molecular formula is C24H28N2O4. The Morgan fingerprint density at radius 1 is 0.967 bits per heavy atom. The minimum absolute atomic E-state index is 0.219. The molecule has 1 fully saturated rings. The monoisotopic (exact) mass is 408 g/mol. The van der Waals surface area contributed by atoms with Crippen LogP contribution in [0.1, 0.15) is 11.4 Å². The molecule has 6 nitrogen and oxygen atoms in total. The van der Waals surface area contributed by atoms with Gasteiger partial charge in [0.2, 0.25) is 0 Å². The molecule has 30 heavy (non-hydrogen) atoms. The zero-order chi connectivity index (χ0) is 20.9. The Hall–Kier alpha value is -2.83. The molecule has 1 aromatic heterocycles. The van der Waals surface area contributed by atoms with Crippen molar-refractivity contribution in [2.45, 2.75) is 13.8 Å². The first-order chi connectivity index (χ1) is 14.6. The Kier molecular flexibility index (Phi) is 6.35. The van der Waals surface area contributed by atoms with Crippen LogP contribution in [-0.2, 0) is 9.47 Å². The number of ether oxygens (including phenoxy) is 4. The third kappa shape index (κ3) is 4.83. The van der Waals surface area contributed by atoms with Crippen LogP contribution in [0.25, 0.3) is 16.8 Å². The summed E-state index contributed by atoms with van der Waals surface area (Å²) in [5.74, 6) is 1.74. The van der Waals surface area contributed by atoms with Crippen LogP contribution >= 0.6 is 0 Å². The average Bonchev–Trinajstić information content (AvgIpc) is 2.95. The first kappa shape index (κ1) is 20.4. The lowest BCUT2D eigenvalue weighted by atomic mass is 10.0. The number of rotatable bonds is 6. The molecular weight excluding hydrogens is 380 g/mol. The van der Waals surface area contributed by atoms with E-state index in [1.807, 2.05) is 35.9 Å². The highest BCUT2D eigenvalue weighted by molar-refractivity contribution is 5.69. The van der Waals surface area contributed by atoms with Crippen molar-refractivity contribution in [2.75, 3.05) is 40.1 Å². The van der Waals surface area contributed by atoms with E-state index >= 15 is 0 Å². The lowest BCUT2D eigenvalue weighted by molar-refractivity contribution is 0.101. The zero-order valence-electron chi connectivity index (χ0n) is 17.8. The molecule has 0 radical (unpaired) electrons. The maximum atomic E-state index is 6.09. The van der Waals surface area contributed by atoms with E-state index in [1.54, 1.807) is 7.11 Å². The van der Waals surface area contributed by atoms with E-state index in [-0.39, 0.29) is 5.92 Å². The highest BCUT2D eigenvalue weighted by atomic mass is 16.5. The topological polar surface area (TPSA) is 54.7 Å². The summed E-state index contributed by atoms with van der Waals surface area (Å²) in [5.41, 5.74) is 5.23. The van der Waals surface area contributed by atoms with Crippen LogP contribution < -0.4 is 9.47 Å². The molecule has 0 unspecified atom stereocenters. The first-order valence-corrected chi connectivity index (χ1v) is 10.2. The van der Waals surface area contributed by atoms with Crippen LogP contribution in [0.5, 0.6) is 11.5 Å². The van der Waals surface area contributed by atoms with Crippen LogP contribution in [0, 0.1) is 19.8 Å². The summed E-state index contributed by atoms with van der Waals surface area (Å²) in [6, 6.07) is 16.4. The number of methoxy groups -OCH3 is 1. The highest BCUT2D eigenvalue weighted by Gasteiger charge is 2.15. The van der Waals surface area contributed by atoms with Gasteiger partial charge in [0, 0.05) is 17.7 Å². The predicted molar refractivity (Wildman–Crippen MR) is 116 cm³/mol. The molecule has 1 aliphatic heterocycles. The minimum atomic E-state index is 0.219. The van der Waals surface area contributed by atoms with Crippen molar-refractivity contribution in [3.63, 3.8) is 0 Å². The summed E-state index contributed by atoms with van der Waals surface area (Å²) >= 11 is 0. The quantitative estimate of drug-likeness (QED) is 0.612. The Balaban J connectivity index is 1.58. The molecule has 158 valence electrons. The van der Waals surface area contributed by atoms with Crippen LogP contribution in [0.4, 0.5) is 0 Å². The lowest BCUT2D eigenvalue weighted by Gasteiger charge is -2.16. The maximum Gasteiger partial charge on any atom is 0.123 e. The fraction of sp³-hybridized carbons (Fsp3) is 0.375. The summed E-state index contributed by atoms with van der Waals surface area (Å²) in [5, 5.41) is 4.60. The standard InChI is InChI=1S/C24H28N2O4/c1-17-9-18(2)26(25-17)22-6-4-5-20(10-22)21-11-23(27-3)13-24(12-21)30-16-19-14-28-7-8-29-15-19/h4-6,9-13,19H,7-8,14-16H2,1-3H3. The normalized spacial score (nSPS) is 15.0. The number of hydrogen-bond acceptors (Lipinski definition) is 5. The number of aryl methyl sites for hydroxylation is 2. The van der Waals surface area contributed by atoms with Gasteiger partial charge in [0.1, 0.15) is 11.5 Å². The first-order valence-electron chi connectivity index (χ1n) is 10.2. The lowest BCUT2D eigenvalue weighted by Crippen LogP contribution is -2.20. The van der Waals surface area contributed by atoms with Gasteiger partial charge in [-0.3, -0.25) is 0 Å². The van der Waals surface area contributed by atoms with Gasteiger partial charge in [0.25, 0.3) is 0 Å². The van der Waals surface area contributed by atoms with Gasteiger partial charge in [-0.1, -0.05) is 12.1 Å². The summed E-state index contributed by atoms with van der Waals surface area (Å²) in [7, 11) is 1.67. The number of hydrogen-bond donors (Lipinski definition) is 0. The van der Waals surface area contributed by atoms with Gasteiger partial charge >= 0.3 is 0 Å². The average molecular weight is 408 g/mol. The molecule has 0 aliphatic carbocycles. The van der Waals surface area contributed by atoms with Crippen molar-refractivity contribution < 1.29 is 18.9 Å². The van der Waals surface area contributed by atoms with Gasteiger partial charge in [-0.15, -0.1) is 0 Å². The van der Waals surface area contributed by atoms with Gasteiger partial charge in [-0.2, -0.15) is 5.10 Å². The molecule has 0 spiro atoms. The van der Waals surface area contributed by atoms with Crippen molar-refractivity contribution in [3.8, 4) is 28.3 Å². The maximum absolute atomic E-state index is 6.09. The van der Waals surface area contributed by atoms with E-state index in [0.717, 1.165) is 39.7 Å². The minimum Gasteiger partial charge on any atom is -0.497 e. The Morgan fingerprint density at radius 2 is 1.73 bits per heavy atom. The molecule has 2 heterocycles. The smallest absolute Gasteiger partial charge is 0.123 e. The number of benzene rings is 2. The zero-order valence-corrected chi connectivity index (χ0v) is 17.8. The van der Waals surface area contributed by atoms with E-state index in [2.05, 4.69) is 36.3 Å². The van der Waals surface area contributed by atoms with E-state index < -0.39 is 0 Å². The van der Waals surface area contributed by atoms with E-state index in [4.69, 9.17) is 18.9 Å². The van der Waals surface area contributed by atoms with Gasteiger partial charge in [-0.05, 0) is 55.3 Å². The molecule has 4 rings (SSSR count). The summed E-state index contributed by atoms with van der Waals surface area (Å²) in [6.07, 6.45) is 0. The van der Waals surface area contributed by atoms with Crippen LogP contribution in [0.3, 0.4) is 0 Å². The fourth-order valence-electron chi connectivity index (χ4n) is 3.62. The van der Waals surface area contributed by atoms with Crippen molar-refractivity contribution in [3.05, 3.63) is 59.9 Å². The van der Waals surface area contributed by atoms with Crippen molar-refractivity contribution in [2.24, 2.45) is 5.92 Å². The molecule has 0 amide bonds. The van der Waals surface area contributed by atoms with Gasteiger partial charge in [0.05, 0.1) is 51.5 Å². The largest absolute Gasteiger partial charge is 0.497 e. The number of aromatic nitrogens is 2. The number of nitrogens with zero attached hydrogens (tertiary/aromatic N) is 2. The van der Waals surface area contributed by atoms with Crippen molar-refractivity contribution >= 4 is 0 Å². The Morgan fingerprint density at radius 3 is 2.43 bits per heavy atom. The molecule has 1 aliphatic rings. The molecule has 0 saturated carbocycles. The van der Waals surface area contributed by atoms with Crippen molar-refractivity contribution in [1.29, 1.82) is 0 Å². The highest BCUT2D eigenvalue weighted by Crippen LogP contribution is 2.31. The van der Waals surface area contributed by atoms with Crippen LogP contribution in [0.15, 0.2) is 48.5 Å². The summed E-state index contributed by atoms with van der Waals surface area (Å²) in [4.78, 5) is 0. The predicted octanol–water partition coefficient (Wildman–Crippen LogP) is 4.21.